The fourth-order valence-corrected chi connectivity index (χ4v) is 2.77. The molecule has 1 aliphatic heterocycles. The van der Waals surface area contributed by atoms with Gasteiger partial charge in [-0.25, -0.2) is 4.68 Å². The molecule has 4 nitrogen and oxygen atoms in total. The molecule has 0 aromatic carbocycles. The molecule has 0 radical (unpaired) electrons. The van der Waals surface area contributed by atoms with Gasteiger partial charge in [0.1, 0.15) is 6.33 Å². The Kier molecular flexibility index (Phi) is 3.44. The van der Waals surface area contributed by atoms with Crippen LogP contribution in [0.15, 0.2) is 6.33 Å². The van der Waals surface area contributed by atoms with Crippen LogP contribution in [0.1, 0.15) is 20.3 Å². The van der Waals surface area contributed by atoms with Crippen molar-refractivity contribution in [3.63, 3.8) is 0 Å². The third-order valence-corrected chi connectivity index (χ3v) is 3.66. The summed E-state index contributed by atoms with van der Waals surface area (Å²) in [6.07, 6.45) is 3.11. The third kappa shape index (κ3) is 2.52. The van der Waals surface area contributed by atoms with E-state index >= 15 is 0 Å². The number of aromatic nitrogens is 3. The predicted molar refractivity (Wildman–Crippen MR) is 66.6 cm³/mol. The zero-order valence-electron chi connectivity index (χ0n) is 10.3. The second kappa shape index (κ2) is 4.67. The van der Waals surface area contributed by atoms with Gasteiger partial charge in [-0.15, -0.1) is 0 Å². The summed E-state index contributed by atoms with van der Waals surface area (Å²) < 4.78 is 4.58. The Bertz CT molecular complexity index is 398. The van der Waals surface area contributed by atoms with E-state index in [1.165, 1.54) is 6.42 Å². The average Bonchev–Trinajstić information content (AvgIpc) is 2.48. The predicted octanol–water partition coefficient (Wildman–Crippen LogP) is 1.89. The summed E-state index contributed by atoms with van der Waals surface area (Å²) in [5.41, 5.74) is 0. The second-order valence-corrected chi connectivity index (χ2v) is 5.51. The molecule has 0 bridgehead atoms. The van der Waals surface area contributed by atoms with Gasteiger partial charge in [-0.1, -0.05) is 13.8 Å². The molecule has 5 heteroatoms. The van der Waals surface area contributed by atoms with Gasteiger partial charge in [-0.05, 0) is 30.5 Å². The Balaban J connectivity index is 2.04. The van der Waals surface area contributed by atoms with Crippen LogP contribution in [0, 0.1) is 16.6 Å². The van der Waals surface area contributed by atoms with Gasteiger partial charge in [0, 0.05) is 20.1 Å². The number of rotatable bonds is 2. The molecule has 0 saturated carbocycles. The van der Waals surface area contributed by atoms with E-state index in [0.717, 1.165) is 36.4 Å². The van der Waals surface area contributed by atoms with Crippen molar-refractivity contribution in [3.05, 3.63) is 11.1 Å². The molecule has 1 fully saturated rings. The van der Waals surface area contributed by atoms with Crippen LogP contribution in [0.2, 0.25) is 0 Å². The highest BCUT2D eigenvalue weighted by molar-refractivity contribution is 7.71. The highest BCUT2D eigenvalue weighted by atomic mass is 32.1. The number of hydrogen-bond acceptors (Lipinski definition) is 3. The molecular weight excluding hydrogens is 220 g/mol. The molecule has 0 spiro atoms. The summed E-state index contributed by atoms with van der Waals surface area (Å²) >= 11 is 5.29. The van der Waals surface area contributed by atoms with Crippen molar-refractivity contribution in [2.45, 2.75) is 26.9 Å². The number of likely N-dealkylation sites (tertiary alicyclic amines) is 1. The zero-order valence-corrected chi connectivity index (χ0v) is 11.1. The second-order valence-electron chi connectivity index (χ2n) is 5.15. The summed E-state index contributed by atoms with van der Waals surface area (Å²) in [6.45, 7) is 7.78. The van der Waals surface area contributed by atoms with Crippen molar-refractivity contribution in [1.29, 1.82) is 0 Å². The van der Waals surface area contributed by atoms with Crippen molar-refractivity contribution in [2.24, 2.45) is 18.9 Å². The van der Waals surface area contributed by atoms with E-state index < -0.39 is 0 Å². The quantitative estimate of drug-likeness (QED) is 0.738. The molecule has 1 aliphatic rings. The molecule has 1 aromatic rings. The van der Waals surface area contributed by atoms with E-state index in [2.05, 4.69) is 23.8 Å². The molecule has 0 aliphatic carbocycles. The van der Waals surface area contributed by atoms with E-state index in [1.54, 1.807) is 6.33 Å². The normalized spacial score (nSPS) is 27.2. The van der Waals surface area contributed by atoms with Gasteiger partial charge in [0.2, 0.25) is 0 Å². The summed E-state index contributed by atoms with van der Waals surface area (Å²) in [7, 11) is 1.94. The van der Waals surface area contributed by atoms with E-state index in [-0.39, 0.29) is 0 Å². The van der Waals surface area contributed by atoms with Gasteiger partial charge in [0.25, 0.3) is 0 Å². The van der Waals surface area contributed by atoms with Crippen LogP contribution in [0.4, 0.5) is 0 Å². The van der Waals surface area contributed by atoms with Crippen molar-refractivity contribution >= 4 is 12.2 Å². The highest BCUT2D eigenvalue weighted by Crippen LogP contribution is 2.21. The van der Waals surface area contributed by atoms with Crippen molar-refractivity contribution in [1.82, 2.24) is 19.2 Å². The maximum absolute atomic E-state index is 5.29. The molecule has 2 atom stereocenters. The Morgan fingerprint density at radius 2 is 2.00 bits per heavy atom. The standard InChI is InChI=1S/C11H20N4S/c1-9-4-10(2)6-14(5-9)8-15-11(16)13(3)7-12-15/h7,9-10H,4-6,8H2,1-3H3/t9-,10+. The molecule has 2 heterocycles. The summed E-state index contributed by atoms with van der Waals surface area (Å²) in [4.78, 5) is 2.45. The van der Waals surface area contributed by atoms with E-state index in [9.17, 15) is 0 Å². The van der Waals surface area contributed by atoms with Gasteiger partial charge in [-0.3, -0.25) is 4.90 Å². The van der Waals surface area contributed by atoms with Gasteiger partial charge >= 0.3 is 0 Å². The molecule has 0 amide bonds. The summed E-state index contributed by atoms with van der Waals surface area (Å²) in [5.74, 6) is 1.56. The largest absolute Gasteiger partial charge is 0.310 e. The van der Waals surface area contributed by atoms with Crippen LogP contribution < -0.4 is 0 Å². The minimum atomic E-state index is 0.779. The van der Waals surface area contributed by atoms with Gasteiger partial charge < -0.3 is 4.57 Å². The number of hydrogen-bond donors (Lipinski definition) is 0. The van der Waals surface area contributed by atoms with Crippen molar-refractivity contribution < 1.29 is 0 Å². The first-order valence-corrected chi connectivity index (χ1v) is 6.28. The molecular formula is C11H20N4S. The Labute approximate surface area is 102 Å². The summed E-state index contributed by atoms with van der Waals surface area (Å²) in [5, 5.41) is 4.29. The lowest BCUT2D eigenvalue weighted by Gasteiger charge is -2.34. The zero-order chi connectivity index (χ0) is 11.7. The van der Waals surface area contributed by atoms with Crippen molar-refractivity contribution in [2.75, 3.05) is 13.1 Å². The topological polar surface area (TPSA) is 26.0 Å². The first kappa shape index (κ1) is 11.8. The Morgan fingerprint density at radius 3 is 2.50 bits per heavy atom. The van der Waals surface area contributed by atoms with Crippen LogP contribution in [0.25, 0.3) is 0 Å². The van der Waals surface area contributed by atoms with E-state index in [4.69, 9.17) is 12.2 Å². The highest BCUT2D eigenvalue weighted by Gasteiger charge is 2.22. The Morgan fingerprint density at radius 1 is 1.38 bits per heavy atom. The van der Waals surface area contributed by atoms with Gasteiger partial charge in [-0.2, -0.15) is 5.10 Å². The minimum absolute atomic E-state index is 0.779. The van der Waals surface area contributed by atoms with Crippen molar-refractivity contribution in [3.8, 4) is 0 Å². The van der Waals surface area contributed by atoms with Gasteiger partial charge in [0.15, 0.2) is 4.77 Å². The van der Waals surface area contributed by atoms with Crippen LogP contribution in [-0.2, 0) is 13.7 Å². The van der Waals surface area contributed by atoms with E-state index in [0.29, 0.717) is 0 Å². The molecule has 1 saturated heterocycles. The maximum Gasteiger partial charge on any atom is 0.198 e. The number of piperidine rings is 1. The monoisotopic (exact) mass is 240 g/mol. The van der Waals surface area contributed by atoms with Crippen LogP contribution >= 0.6 is 12.2 Å². The molecule has 0 N–H and O–H groups in total. The third-order valence-electron chi connectivity index (χ3n) is 3.17. The summed E-state index contributed by atoms with van der Waals surface area (Å²) in [6, 6.07) is 0. The van der Waals surface area contributed by atoms with Crippen LogP contribution in [-0.4, -0.2) is 32.3 Å². The number of aryl methyl sites for hydroxylation is 1. The maximum atomic E-state index is 5.29. The first-order valence-electron chi connectivity index (χ1n) is 5.87. The molecule has 90 valence electrons. The lowest BCUT2D eigenvalue weighted by Crippen LogP contribution is -2.39. The number of nitrogens with zero attached hydrogens (tertiary/aromatic N) is 4. The molecule has 1 aromatic heterocycles. The average molecular weight is 240 g/mol. The fourth-order valence-electron chi connectivity index (χ4n) is 2.61. The molecule has 16 heavy (non-hydrogen) atoms. The Hall–Kier alpha value is -0.680. The lowest BCUT2D eigenvalue weighted by atomic mass is 9.92. The van der Waals surface area contributed by atoms with Crippen LogP contribution in [0.5, 0.6) is 0 Å². The molecule has 2 rings (SSSR count). The fraction of sp³-hybridized carbons (Fsp3) is 0.818. The first-order chi connectivity index (χ1) is 7.56. The lowest BCUT2D eigenvalue weighted by molar-refractivity contribution is 0.103. The van der Waals surface area contributed by atoms with Gasteiger partial charge in [0.05, 0.1) is 6.67 Å². The smallest absolute Gasteiger partial charge is 0.198 e. The van der Waals surface area contributed by atoms with E-state index in [1.807, 2.05) is 16.3 Å². The minimum Gasteiger partial charge on any atom is -0.310 e. The molecule has 0 unspecified atom stereocenters. The van der Waals surface area contributed by atoms with Crippen LogP contribution in [0.3, 0.4) is 0 Å². The SMILES string of the molecule is C[C@@H]1C[C@H](C)CN(Cn2ncn(C)c2=S)C1.